The summed E-state index contributed by atoms with van der Waals surface area (Å²) in [6, 6.07) is 6.52. The predicted molar refractivity (Wildman–Crippen MR) is 96.3 cm³/mol. The lowest BCUT2D eigenvalue weighted by molar-refractivity contribution is 0.426. The second-order valence-electron chi connectivity index (χ2n) is 5.79. The number of halogens is 4. The first-order valence-electron chi connectivity index (χ1n) is 7.81. The van der Waals surface area contributed by atoms with Crippen LogP contribution in [0.5, 0.6) is 0 Å². The first kappa shape index (κ1) is 19.5. The van der Waals surface area contributed by atoms with Gasteiger partial charge in [-0.25, -0.2) is 21.6 Å². The zero-order valence-electron chi connectivity index (χ0n) is 13.5. The Morgan fingerprint density at radius 1 is 1.04 bits per heavy atom. The van der Waals surface area contributed by atoms with Crippen molar-refractivity contribution < 1.29 is 21.6 Å². The summed E-state index contributed by atoms with van der Waals surface area (Å²) in [6.07, 6.45) is 0.333. The van der Waals surface area contributed by atoms with Crippen LogP contribution in [0.15, 0.2) is 41.3 Å². The van der Waals surface area contributed by atoms with E-state index in [2.05, 4.69) is 0 Å². The molecule has 0 radical (unpaired) electrons. The average Bonchev–Trinajstić information content (AvgIpc) is 2.86. The Bertz CT molecular complexity index is 924. The fourth-order valence-corrected chi connectivity index (χ4v) is 5.87. The molecule has 9 heteroatoms. The third-order valence-electron chi connectivity index (χ3n) is 4.13. The molecule has 26 heavy (non-hydrogen) atoms. The zero-order chi connectivity index (χ0) is 18.9. The number of thioether (sulfide) groups is 1. The lowest BCUT2D eigenvalue weighted by Gasteiger charge is -2.20. The van der Waals surface area contributed by atoms with Crippen LogP contribution >= 0.6 is 23.4 Å². The van der Waals surface area contributed by atoms with E-state index in [1.165, 1.54) is 16.1 Å². The lowest BCUT2D eigenvalue weighted by Crippen LogP contribution is -2.33. The normalized spacial score (nSPS) is 19.3. The second kappa shape index (κ2) is 7.80. The molecular weight excluding hydrogens is 407 g/mol. The van der Waals surface area contributed by atoms with Crippen LogP contribution < -0.4 is 0 Å². The quantitative estimate of drug-likeness (QED) is 0.725. The largest absolute Gasteiger partial charge is 0.243 e. The molecule has 1 fully saturated rings. The molecule has 1 heterocycles. The summed E-state index contributed by atoms with van der Waals surface area (Å²) in [5, 5.41) is -0.613. The molecule has 2 aromatic rings. The molecule has 3 rings (SSSR count). The molecule has 2 aromatic carbocycles. The molecule has 0 bridgehead atoms. The Labute approximate surface area is 159 Å². The molecule has 1 aliphatic rings. The Morgan fingerprint density at radius 3 is 2.50 bits per heavy atom. The number of rotatable bonds is 3. The third-order valence-corrected chi connectivity index (χ3v) is 7.63. The van der Waals surface area contributed by atoms with E-state index in [0.717, 1.165) is 36.4 Å². The highest BCUT2D eigenvalue weighted by molar-refractivity contribution is 7.99. The van der Waals surface area contributed by atoms with Gasteiger partial charge in [0.1, 0.15) is 17.5 Å². The van der Waals surface area contributed by atoms with Crippen molar-refractivity contribution in [1.82, 2.24) is 4.31 Å². The van der Waals surface area contributed by atoms with E-state index < -0.39 is 27.5 Å². The summed E-state index contributed by atoms with van der Waals surface area (Å²) in [7, 11) is -3.85. The van der Waals surface area contributed by atoms with Gasteiger partial charge >= 0.3 is 0 Å². The van der Waals surface area contributed by atoms with Gasteiger partial charge in [0.2, 0.25) is 10.0 Å². The maximum absolute atomic E-state index is 14.0. The maximum atomic E-state index is 14.0. The first-order valence-corrected chi connectivity index (χ1v) is 10.7. The van der Waals surface area contributed by atoms with Crippen molar-refractivity contribution in [3.8, 4) is 0 Å². The maximum Gasteiger partial charge on any atom is 0.243 e. The van der Waals surface area contributed by atoms with Crippen molar-refractivity contribution in [2.24, 2.45) is 0 Å². The summed E-state index contributed by atoms with van der Waals surface area (Å²) >= 11 is 7.07. The monoisotopic (exact) mass is 421 g/mol. The third kappa shape index (κ3) is 4.03. The smallest absolute Gasteiger partial charge is 0.207 e. The summed E-state index contributed by atoms with van der Waals surface area (Å²) in [5.41, 5.74) is 0.235. The fraction of sp³-hybridized carbons (Fsp3) is 0.294. The molecule has 0 unspecified atom stereocenters. The molecule has 3 nitrogen and oxygen atoms in total. The van der Waals surface area contributed by atoms with Crippen molar-refractivity contribution in [3.63, 3.8) is 0 Å². The molecule has 140 valence electrons. The van der Waals surface area contributed by atoms with E-state index in [-0.39, 0.29) is 33.8 Å². The van der Waals surface area contributed by atoms with E-state index in [1.54, 1.807) is 0 Å². The molecule has 0 aliphatic carbocycles. The summed E-state index contributed by atoms with van der Waals surface area (Å²) in [6.45, 7) is 0.361. The Kier molecular flexibility index (Phi) is 5.86. The van der Waals surface area contributed by atoms with Gasteiger partial charge in [-0.3, -0.25) is 0 Å². The van der Waals surface area contributed by atoms with E-state index in [9.17, 15) is 21.6 Å². The van der Waals surface area contributed by atoms with Gasteiger partial charge in [-0.1, -0.05) is 11.6 Å². The van der Waals surface area contributed by atoms with Crippen LogP contribution in [0.4, 0.5) is 13.2 Å². The Hall–Kier alpha value is -1.22. The average molecular weight is 422 g/mol. The van der Waals surface area contributed by atoms with Gasteiger partial charge in [-0.2, -0.15) is 16.1 Å². The van der Waals surface area contributed by atoms with Crippen LogP contribution in [0, 0.1) is 17.5 Å². The van der Waals surface area contributed by atoms with Gasteiger partial charge in [0, 0.05) is 29.7 Å². The second-order valence-corrected chi connectivity index (χ2v) is 9.45. The molecule has 1 atom stereocenters. The number of nitrogens with zero attached hydrogens (tertiary/aromatic N) is 1. The molecule has 0 N–H and O–H groups in total. The lowest BCUT2D eigenvalue weighted by atomic mass is 10.1. The van der Waals surface area contributed by atoms with Crippen molar-refractivity contribution >= 4 is 33.4 Å². The SMILES string of the molecule is O=S(=O)(c1ccc(F)c(Cl)c1)N1CCS[C@H](c2cc(F)ccc2F)CC1. The van der Waals surface area contributed by atoms with Gasteiger partial charge in [0.25, 0.3) is 0 Å². The van der Waals surface area contributed by atoms with Gasteiger partial charge in [-0.05, 0) is 42.8 Å². The minimum Gasteiger partial charge on any atom is -0.207 e. The summed E-state index contributed by atoms with van der Waals surface area (Å²) in [4.78, 5) is -0.0933. The van der Waals surface area contributed by atoms with E-state index in [1.807, 2.05) is 0 Å². The van der Waals surface area contributed by atoms with Gasteiger partial charge in [0.05, 0.1) is 9.92 Å². The number of hydrogen-bond donors (Lipinski definition) is 0. The van der Waals surface area contributed by atoms with Crippen LogP contribution in [0.25, 0.3) is 0 Å². The molecular formula is C17H15ClF3NO2S2. The standard InChI is InChI=1S/C17H15ClF3NO2S2/c18-14-10-12(2-4-16(14)21)26(23,24)22-6-5-17(25-8-7-22)13-9-11(19)1-3-15(13)20/h1-4,9-10,17H,5-8H2/t17-/m0/s1. The highest BCUT2D eigenvalue weighted by atomic mass is 35.5. The van der Waals surface area contributed by atoms with Crippen LogP contribution in [0.2, 0.25) is 5.02 Å². The number of sulfonamides is 1. The van der Waals surface area contributed by atoms with Crippen molar-refractivity contribution in [1.29, 1.82) is 0 Å². The molecule has 0 aromatic heterocycles. The topological polar surface area (TPSA) is 37.4 Å². The molecule has 0 saturated carbocycles. The number of benzene rings is 2. The minimum absolute atomic E-state index is 0.0933. The van der Waals surface area contributed by atoms with Crippen LogP contribution in [-0.2, 0) is 10.0 Å². The highest BCUT2D eigenvalue weighted by Gasteiger charge is 2.29. The van der Waals surface area contributed by atoms with E-state index in [4.69, 9.17) is 11.6 Å². The van der Waals surface area contributed by atoms with Gasteiger partial charge in [0.15, 0.2) is 0 Å². The van der Waals surface area contributed by atoms with Gasteiger partial charge in [-0.15, -0.1) is 0 Å². The van der Waals surface area contributed by atoms with Crippen molar-refractivity contribution in [2.45, 2.75) is 16.6 Å². The Balaban J connectivity index is 1.81. The van der Waals surface area contributed by atoms with Crippen molar-refractivity contribution in [3.05, 3.63) is 64.4 Å². The Morgan fingerprint density at radius 2 is 1.77 bits per heavy atom. The predicted octanol–water partition coefficient (Wildman–Crippen LogP) is 4.63. The fourth-order valence-electron chi connectivity index (χ4n) is 2.79. The van der Waals surface area contributed by atoms with Crippen LogP contribution in [0.3, 0.4) is 0 Å². The summed E-state index contributed by atoms with van der Waals surface area (Å²) in [5.74, 6) is -1.31. The molecule has 1 saturated heterocycles. The van der Waals surface area contributed by atoms with Crippen molar-refractivity contribution in [2.75, 3.05) is 18.8 Å². The molecule has 0 amide bonds. The van der Waals surface area contributed by atoms with Crippen LogP contribution in [0.1, 0.15) is 17.2 Å². The molecule has 1 aliphatic heterocycles. The van der Waals surface area contributed by atoms with E-state index >= 15 is 0 Å². The minimum atomic E-state index is -3.85. The highest BCUT2D eigenvalue weighted by Crippen LogP contribution is 2.37. The first-order chi connectivity index (χ1) is 12.3. The zero-order valence-corrected chi connectivity index (χ0v) is 15.9. The number of hydrogen-bond acceptors (Lipinski definition) is 3. The molecule has 0 spiro atoms. The summed E-state index contributed by atoms with van der Waals surface area (Å²) < 4.78 is 67.5. The van der Waals surface area contributed by atoms with Crippen LogP contribution in [-0.4, -0.2) is 31.6 Å². The van der Waals surface area contributed by atoms with E-state index in [0.29, 0.717) is 12.2 Å². The van der Waals surface area contributed by atoms with Gasteiger partial charge < -0.3 is 0 Å².